The van der Waals surface area contributed by atoms with Crippen LogP contribution in [0.4, 0.5) is 18.9 Å². The lowest BCUT2D eigenvalue weighted by Crippen LogP contribution is -2.06. The molecule has 9 heteroatoms. The summed E-state index contributed by atoms with van der Waals surface area (Å²) in [5.41, 5.74) is -0.765. The zero-order chi connectivity index (χ0) is 14.2. The Morgan fingerprint density at radius 2 is 1.84 bits per heavy atom. The summed E-state index contributed by atoms with van der Waals surface area (Å²) in [5, 5.41) is 15.9. The first-order valence-electron chi connectivity index (χ1n) is 4.86. The summed E-state index contributed by atoms with van der Waals surface area (Å²) >= 11 is 2.82. The number of benzene rings is 1. The maximum atomic E-state index is 12.6. The largest absolute Gasteiger partial charge is 0.433 e. The standard InChI is InChI=1S/C10H5BrF3N3O2/c11-7-8(15-16-9(7)10(12,13)14)5-1-3-6(4-2-5)17(18)19/h1-4H,(H,15,16). The average Bonchev–Trinajstić information content (AvgIpc) is 2.71. The van der Waals surface area contributed by atoms with Gasteiger partial charge in [-0.15, -0.1) is 0 Å². The van der Waals surface area contributed by atoms with E-state index in [1.165, 1.54) is 24.3 Å². The van der Waals surface area contributed by atoms with Crippen molar-refractivity contribution in [2.45, 2.75) is 6.18 Å². The molecule has 100 valence electrons. The van der Waals surface area contributed by atoms with Crippen LogP contribution in [0.3, 0.4) is 0 Å². The molecule has 1 aromatic carbocycles. The molecule has 19 heavy (non-hydrogen) atoms. The summed E-state index contributed by atoms with van der Waals surface area (Å²) in [6, 6.07) is 5.06. The summed E-state index contributed by atoms with van der Waals surface area (Å²) in [5.74, 6) is 0. The molecule has 0 atom stereocenters. The lowest BCUT2D eigenvalue weighted by atomic mass is 10.1. The van der Waals surface area contributed by atoms with Gasteiger partial charge in [0.05, 0.1) is 9.40 Å². The van der Waals surface area contributed by atoms with E-state index in [9.17, 15) is 23.3 Å². The fourth-order valence-corrected chi connectivity index (χ4v) is 2.08. The highest BCUT2D eigenvalue weighted by molar-refractivity contribution is 9.10. The van der Waals surface area contributed by atoms with Crippen molar-refractivity contribution in [1.82, 2.24) is 10.2 Å². The van der Waals surface area contributed by atoms with Crippen LogP contribution >= 0.6 is 15.9 Å². The Bertz CT molecular complexity index is 622. The molecule has 5 nitrogen and oxygen atoms in total. The first-order chi connectivity index (χ1) is 8.80. The van der Waals surface area contributed by atoms with Crippen LogP contribution in [0.15, 0.2) is 28.7 Å². The fourth-order valence-electron chi connectivity index (χ4n) is 1.45. The van der Waals surface area contributed by atoms with Gasteiger partial charge in [0.15, 0.2) is 5.69 Å². The zero-order valence-corrected chi connectivity index (χ0v) is 10.6. The van der Waals surface area contributed by atoms with E-state index in [1.807, 2.05) is 5.10 Å². The van der Waals surface area contributed by atoms with Gasteiger partial charge in [0.1, 0.15) is 5.69 Å². The van der Waals surface area contributed by atoms with Gasteiger partial charge in [0.2, 0.25) is 0 Å². The van der Waals surface area contributed by atoms with E-state index < -0.39 is 16.8 Å². The highest BCUT2D eigenvalue weighted by atomic mass is 79.9. The SMILES string of the molecule is O=[N+]([O-])c1ccc(-c2n[nH]c(C(F)(F)F)c2Br)cc1. The van der Waals surface area contributed by atoms with E-state index in [0.717, 1.165) is 0 Å². The highest BCUT2D eigenvalue weighted by Gasteiger charge is 2.36. The number of nitrogens with zero attached hydrogens (tertiary/aromatic N) is 2. The first kappa shape index (κ1) is 13.5. The number of rotatable bonds is 2. The van der Waals surface area contributed by atoms with Gasteiger partial charge < -0.3 is 0 Å². The summed E-state index contributed by atoms with van der Waals surface area (Å²) in [7, 11) is 0. The third-order valence-electron chi connectivity index (χ3n) is 2.34. The van der Waals surface area contributed by atoms with Gasteiger partial charge in [-0.25, -0.2) is 0 Å². The quantitative estimate of drug-likeness (QED) is 0.670. The van der Waals surface area contributed by atoms with Crippen molar-refractivity contribution >= 4 is 21.6 Å². The molecular weight excluding hydrogens is 331 g/mol. The highest BCUT2D eigenvalue weighted by Crippen LogP contribution is 2.38. The lowest BCUT2D eigenvalue weighted by Gasteiger charge is -2.03. The Morgan fingerprint density at radius 1 is 1.26 bits per heavy atom. The van der Waals surface area contributed by atoms with Crippen molar-refractivity contribution in [1.29, 1.82) is 0 Å². The Morgan fingerprint density at radius 3 is 2.26 bits per heavy atom. The fraction of sp³-hybridized carbons (Fsp3) is 0.100. The summed E-state index contributed by atoms with van der Waals surface area (Å²) in [6.07, 6.45) is -4.55. The number of non-ortho nitro benzene ring substituents is 1. The third kappa shape index (κ3) is 2.60. The van der Waals surface area contributed by atoms with Crippen LogP contribution in [0.5, 0.6) is 0 Å². The number of alkyl halides is 3. The van der Waals surface area contributed by atoms with Crippen molar-refractivity contribution in [3.63, 3.8) is 0 Å². The van der Waals surface area contributed by atoms with E-state index in [4.69, 9.17) is 0 Å². The molecule has 2 aromatic rings. The number of aromatic amines is 1. The van der Waals surface area contributed by atoms with E-state index >= 15 is 0 Å². The average molecular weight is 336 g/mol. The number of nitro groups is 1. The Balaban J connectivity index is 2.43. The van der Waals surface area contributed by atoms with Crippen LogP contribution in [0.1, 0.15) is 5.69 Å². The summed E-state index contributed by atoms with van der Waals surface area (Å²) in [4.78, 5) is 9.88. The van der Waals surface area contributed by atoms with E-state index in [-0.39, 0.29) is 15.9 Å². The van der Waals surface area contributed by atoms with Gasteiger partial charge in [-0.3, -0.25) is 15.2 Å². The van der Waals surface area contributed by atoms with Crippen molar-refractivity contribution in [3.05, 3.63) is 44.5 Å². The summed E-state index contributed by atoms with van der Waals surface area (Å²) < 4.78 is 37.4. The van der Waals surface area contributed by atoms with E-state index in [0.29, 0.717) is 5.56 Å². The maximum Gasteiger partial charge on any atom is 0.433 e. The maximum absolute atomic E-state index is 12.6. The van der Waals surface area contributed by atoms with Gasteiger partial charge in [-0.2, -0.15) is 18.3 Å². The molecule has 1 heterocycles. The second kappa shape index (κ2) is 4.65. The van der Waals surface area contributed by atoms with Crippen molar-refractivity contribution in [2.24, 2.45) is 0 Å². The van der Waals surface area contributed by atoms with E-state index in [1.54, 1.807) is 0 Å². The monoisotopic (exact) mass is 335 g/mol. The molecule has 0 radical (unpaired) electrons. The first-order valence-corrected chi connectivity index (χ1v) is 5.66. The van der Waals surface area contributed by atoms with Crippen LogP contribution < -0.4 is 0 Å². The topological polar surface area (TPSA) is 71.8 Å². The predicted octanol–water partition coefficient (Wildman–Crippen LogP) is 3.77. The molecule has 0 aliphatic carbocycles. The van der Waals surface area contributed by atoms with Gasteiger partial charge in [0.25, 0.3) is 5.69 Å². The van der Waals surface area contributed by atoms with Crippen LogP contribution in [0.25, 0.3) is 11.3 Å². The molecule has 0 aliphatic rings. The molecule has 0 unspecified atom stereocenters. The number of halogens is 4. The predicted molar refractivity (Wildman–Crippen MR) is 63.4 cm³/mol. The van der Waals surface area contributed by atoms with Gasteiger partial charge in [0, 0.05) is 17.7 Å². The number of nitrogens with one attached hydrogen (secondary N) is 1. The second-order valence-electron chi connectivity index (χ2n) is 3.56. The molecule has 0 amide bonds. The van der Waals surface area contributed by atoms with Crippen LogP contribution in [0.2, 0.25) is 0 Å². The molecule has 0 saturated heterocycles. The van der Waals surface area contributed by atoms with Gasteiger partial charge in [-0.05, 0) is 28.1 Å². The number of hydrogen-bond donors (Lipinski definition) is 1. The lowest BCUT2D eigenvalue weighted by molar-refractivity contribution is -0.384. The molecular formula is C10H5BrF3N3O2. The van der Waals surface area contributed by atoms with Crippen LogP contribution in [0, 0.1) is 10.1 Å². The number of aromatic nitrogens is 2. The molecule has 0 saturated carbocycles. The van der Waals surface area contributed by atoms with Crippen LogP contribution in [-0.2, 0) is 6.18 Å². The van der Waals surface area contributed by atoms with Crippen molar-refractivity contribution in [2.75, 3.05) is 0 Å². The summed E-state index contributed by atoms with van der Waals surface area (Å²) in [6.45, 7) is 0. The number of H-pyrrole nitrogens is 1. The molecule has 2 rings (SSSR count). The van der Waals surface area contributed by atoms with Crippen molar-refractivity contribution in [3.8, 4) is 11.3 Å². The molecule has 0 bridgehead atoms. The third-order valence-corrected chi connectivity index (χ3v) is 3.11. The molecule has 1 N–H and O–H groups in total. The smallest absolute Gasteiger partial charge is 0.272 e. The zero-order valence-electron chi connectivity index (χ0n) is 9.03. The van der Waals surface area contributed by atoms with Crippen LogP contribution in [-0.4, -0.2) is 15.1 Å². The minimum atomic E-state index is -4.55. The minimum Gasteiger partial charge on any atom is -0.272 e. The Hall–Kier alpha value is -1.90. The Labute approximate surface area is 112 Å². The number of nitro benzene ring substituents is 1. The van der Waals surface area contributed by atoms with Gasteiger partial charge in [-0.1, -0.05) is 0 Å². The minimum absolute atomic E-state index is 0.0437. The molecule has 0 aliphatic heterocycles. The number of hydrogen-bond acceptors (Lipinski definition) is 3. The van der Waals surface area contributed by atoms with E-state index in [2.05, 4.69) is 21.0 Å². The molecule has 0 fully saturated rings. The second-order valence-corrected chi connectivity index (χ2v) is 4.36. The van der Waals surface area contributed by atoms with Gasteiger partial charge >= 0.3 is 6.18 Å². The van der Waals surface area contributed by atoms with Crippen molar-refractivity contribution < 1.29 is 18.1 Å². The molecule has 0 spiro atoms. The normalized spacial score (nSPS) is 11.6. The Kier molecular flexibility index (Phi) is 3.31. The molecule has 1 aromatic heterocycles.